The Kier molecular flexibility index (Phi) is 4.04. The van der Waals surface area contributed by atoms with Crippen molar-refractivity contribution in [2.24, 2.45) is 0 Å². The molecule has 2 aromatic rings. The molecule has 1 heterocycles. The van der Waals surface area contributed by atoms with Gasteiger partial charge in [0.2, 0.25) is 0 Å². The molecule has 3 nitrogen and oxygen atoms in total. The minimum atomic E-state index is -0.414. The standard InChI is InChI=1S/C12H11ClFN3S/c1-7-4-11(13)17-12(16-7)6-18-8-2-3-10(15)9(14)5-8/h2-5H,6,15H2,1H3. The molecule has 0 aliphatic carbocycles. The second-order valence-corrected chi connectivity index (χ2v) is 5.16. The average Bonchev–Trinajstić information content (AvgIpc) is 2.29. The summed E-state index contributed by atoms with van der Waals surface area (Å²) in [6.07, 6.45) is 0. The average molecular weight is 284 g/mol. The number of aryl methyl sites for hydroxylation is 1. The van der Waals surface area contributed by atoms with Crippen molar-refractivity contribution in [3.05, 3.63) is 46.8 Å². The molecule has 0 spiro atoms. The van der Waals surface area contributed by atoms with Crippen molar-refractivity contribution >= 4 is 29.1 Å². The van der Waals surface area contributed by atoms with Gasteiger partial charge < -0.3 is 5.73 Å². The third kappa shape index (κ3) is 3.34. The molecule has 0 bridgehead atoms. The number of nitrogen functional groups attached to an aromatic ring is 1. The lowest BCUT2D eigenvalue weighted by Crippen LogP contribution is -1.95. The molecule has 0 aliphatic rings. The van der Waals surface area contributed by atoms with Crippen molar-refractivity contribution in [2.45, 2.75) is 17.6 Å². The number of halogens is 2. The lowest BCUT2D eigenvalue weighted by molar-refractivity contribution is 0.629. The normalized spacial score (nSPS) is 10.6. The van der Waals surface area contributed by atoms with Gasteiger partial charge in [0.05, 0.1) is 11.4 Å². The zero-order chi connectivity index (χ0) is 13.1. The number of anilines is 1. The molecule has 0 amide bonds. The van der Waals surface area contributed by atoms with Gasteiger partial charge in [0.15, 0.2) is 0 Å². The van der Waals surface area contributed by atoms with E-state index in [2.05, 4.69) is 9.97 Å². The maximum atomic E-state index is 13.2. The molecule has 0 atom stereocenters. The van der Waals surface area contributed by atoms with E-state index >= 15 is 0 Å². The number of hydrogen-bond acceptors (Lipinski definition) is 4. The maximum absolute atomic E-state index is 13.2. The quantitative estimate of drug-likeness (QED) is 0.532. The summed E-state index contributed by atoms with van der Waals surface area (Å²) in [5, 5.41) is 0.418. The van der Waals surface area contributed by atoms with Crippen LogP contribution in [0.25, 0.3) is 0 Å². The van der Waals surface area contributed by atoms with E-state index in [1.807, 2.05) is 6.92 Å². The Balaban J connectivity index is 2.08. The van der Waals surface area contributed by atoms with E-state index in [9.17, 15) is 4.39 Å². The first kappa shape index (κ1) is 13.1. The molecular weight excluding hydrogens is 273 g/mol. The first-order chi connectivity index (χ1) is 8.54. The van der Waals surface area contributed by atoms with Gasteiger partial charge in [0, 0.05) is 10.6 Å². The molecule has 1 aromatic carbocycles. The van der Waals surface area contributed by atoms with E-state index in [0.717, 1.165) is 10.6 Å². The molecular formula is C12H11ClFN3S. The van der Waals surface area contributed by atoms with Crippen LogP contribution in [-0.4, -0.2) is 9.97 Å². The lowest BCUT2D eigenvalue weighted by atomic mass is 10.3. The molecule has 0 fully saturated rings. The second-order valence-electron chi connectivity index (χ2n) is 3.72. The number of hydrogen-bond donors (Lipinski definition) is 1. The van der Waals surface area contributed by atoms with Crippen LogP contribution >= 0.6 is 23.4 Å². The van der Waals surface area contributed by atoms with Crippen molar-refractivity contribution in [1.29, 1.82) is 0 Å². The van der Waals surface area contributed by atoms with Gasteiger partial charge in [-0.1, -0.05) is 11.6 Å². The highest BCUT2D eigenvalue weighted by atomic mass is 35.5. The number of rotatable bonds is 3. The highest BCUT2D eigenvalue weighted by Gasteiger charge is 2.04. The zero-order valence-electron chi connectivity index (χ0n) is 9.65. The van der Waals surface area contributed by atoms with Gasteiger partial charge in [-0.15, -0.1) is 11.8 Å². The Hall–Kier alpha value is -1.33. The summed E-state index contributed by atoms with van der Waals surface area (Å²) >= 11 is 7.28. The van der Waals surface area contributed by atoms with E-state index in [1.165, 1.54) is 17.8 Å². The van der Waals surface area contributed by atoms with Gasteiger partial charge in [0.25, 0.3) is 0 Å². The summed E-state index contributed by atoms with van der Waals surface area (Å²) in [5.74, 6) is 0.746. The Morgan fingerprint density at radius 3 is 2.78 bits per heavy atom. The zero-order valence-corrected chi connectivity index (χ0v) is 11.2. The number of nitrogens with zero attached hydrogens (tertiary/aromatic N) is 2. The second kappa shape index (κ2) is 5.54. The Morgan fingerprint density at radius 2 is 2.11 bits per heavy atom. The van der Waals surface area contributed by atoms with Gasteiger partial charge in [-0.25, -0.2) is 14.4 Å². The SMILES string of the molecule is Cc1cc(Cl)nc(CSc2ccc(N)c(F)c2)n1. The Morgan fingerprint density at radius 1 is 1.33 bits per heavy atom. The molecule has 0 saturated carbocycles. The van der Waals surface area contributed by atoms with Crippen LogP contribution in [-0.2, 0) is 5.75 Å². The minimum absolute atomic E-state index is 0.147. The Labute approximate surface area is 114 Å². The number of nitrogens with two attached hydrogens (primary N) is 1. The summed E-state index contributed by atoms with van der Waals surface area (Å²) < 4.78 is 13.2. The van der Waals surface area contributed by atoms with Crippen LogP contribution in [0.5, 0.6) is 0 Å². The van der Waals surface area contributed by atoms with Crippen molar-refractivity contribution in [3.63, 3.8) is 0 Å². The molecule has 2 N–H and O–H groups in total. The topological polar surface area (TPSA) is 51.8 Å². The number of thioether (sulfide) groups is 1. The van der Waals surface area contributed by atoms with E-state index in [4.69, 9.17) is 17.3 Å². The summed E-state index contributed by atoms with van der Waals surface area (Å²) in [7, 11) is 0. The number of aromatic nitrogens is 2. The smallest absolute Gasteiger partial charge is 0.147 e. The van der Waals surface area contributed by atoms with E-state index in [-0.39, 0.29) is 5.69 Å². The van der Waals surface area contributed by atoms with E-state index < -0.39 is 5.82 Å². The first-order valence-electron chi connectivity index (χ1n) is 5.22. The van der Waals surface area contributed by atoms with Crippen LogP contribution < -0.4 is 5.73 Å². The molecule has 0 unspecified atom stereocenters. The van der Waals surface area contributed by atoms with Crippen molar-refractivity contribution in [3.8, 4) is 0 Å². The highest BCUT2D eigenvalue weighted by Crippen LogP contribution is 2.24. The molecule has 1 aromatic heterocycles. The molecule has 2 rings (SSSR count). The highest BCUT2D eigenvalue weighted by molar-refractivity contribution is 7.98. The van der Waals surface area contributed by atoms with Crippen molar-refractivity contribution in [2.75, 3.05) is 5.73 Å². The summed E-state index contributed by atoms with van der Waals surface area (Å²) in [4.78, 5) is 9.14. The van der Waals surface area contributed by atoms with Gasteiger partial charge >= 0.3 is 0 Å². The van der Waals surface area contributed by atoms with E-state index in [0.29, 0.717) is 16.7 Å². The van der Waals surface area contributed by atoms with Crippen molar-refractivity contribution < 1.29 is 4.39 Å². The minimum Gasteiger partial charge on any atom is -0.396 e. The molecule has 18 heavy (non-hydrogen) atoms. The fraction of sp³-hybridized carbons (Fsp3) is 0.167. The van der Waals surface area contributed by atoms with Gasteiger partial charge in [-0.3, -0.25) is 0 Å². The van der Waals surface area contributed by atoms with Crippen LogP contribution in [0.15, 0.2) is 29.2 Å². The first-order valence-corrected chi connectivity index (χ1v) is 6.59. The van der Waals surface area contributed by atoms with E-state index in [1.54, 1.807) is 18.2 Å². The summed E-state index contributed by atoms with van der Waals surface area (Å²) in [6, 6.07) is 6.40. The molecule has 0 saturated heterocycles. The van der Waals surface area contributed by atoms with Gasteiger partial charge in [0.1, 0.15) is 16.8 Å². The predicted molar refractivity (Wildman–Crippen MR) is 72.2 cm³/mol. The largest absolute Gasteiger partial charge is 0.396 e. The van der Waals surface area contributed by atoms with Crippen LogP contribution in [0, 0.1) is 12.7 Å². The summed E-state index contributed by atoms with van der Waals surface area (Å²) in [5.41, 5.74) is 6.37. The third-order valence-electron chi connectivity index (χ3n) is 2.21. The van der Waals surface area contributed by atoms with Gasteiger partial charge in [-0.05, 0) is 31.2 Å². The number of benzene rings is 1. The molecule has 0 aliphatic heterocycles. The molecule has 6 heteroatoms. The van der Waals surface area contributed by atoms with Crippen LogP contribution in [0.2, 0.25) is 5.15 Å². The third-order valence-corrected chi connectivity index (χ3v) is 3.39. The van der Waals surface area contributed by atoms with Crippen molar-refractivity contribution in [1.82, 2.24) is 9.97 Å². The van der Waals surface area contributed by atoms with Crippen LogP contribution in [0.3, 0.4) is 0 Å². The predicted octanol–water partition coefficient (Wildman–Crippen LogP) is 3.45. The van der Waals surface area contributed by atoms with Gasteiger partial charge in [-0.2, -0.15) is 0 Å². The fourth-order valence-electron chi connectivity index (χ4n) is 1.40. The molecule has 94 valence electrons. The van der Waals surface area contributed by atoms with Crippen LogP contribution in [0.1, 0.15) is 11.5 Å². The maximum Gasteiger partial charge on any atom is 0.147 e. The monoisotopic (exact) mass is 283 g/mol. The van der Waals surface area contributed by atoms with Crippen LogP contribution in [0.4, 0.5) is 10.1 Å². The Bertz CT molecular complexity index is 557. The lowest BCUT2D eigenvalue weighted by Gasteiger charge is -2.04. The summed E-state index contributed by atoms with van der Waals surface area (Å²) in [6.45, 7) is 1.85. The fourth-order valence-corrected chi connectivity index (χ4v) is 2.43. The molecule has 0 radical (unpaired) electrons.